The van der Waals surface area contributed by atoms with Crippen molar-refractivity contribution in [2.24, 2.45) is 0 Å². The van der Waals surface area contributed by atoms with Crippen LogP contribution in [0.5, 0.6) is 0 Å². The minimum Gasteiger partial charge on any atom is -0.324 e. The van der Waals surface area contributed by atoms with Crippen molar-refractivity contribution in [3.8, 4) is 0 Å². The van der Waals surface area contributed by atoms with Gasteiger partial charge in [0.25, 0.3) is 0 Å². The lowest BCUT2D eigenvalue weighted by Gasteiger charge is -2.21. The number of anilines is 1. The Kier molecular flexibility index (Phi) is 5.58. The molecule has 3 rings (SSSR count). The first-order valence-electron chi connectivity index (χ1n) is 8.22. The zero-order valence-corrected chi connectivity index (χ0v) is 14.8. The Morgan fingerprint density at radius 2 is 2.00 bits per heavy atom. The van der Waals surface area contributed by atoms with Gasteiger partial charge in [-0.25, -0.2) is 13.6 Å². The second-order valence-electron chi connectivity index (χ2n) is 6.05. The van der Waals surface area contributed by atoms with Gasteiger partial charge in [-0.3, -0.25) is 0 Å². The summed E-state index contributed by atoms with van der Waals surface area (Å²) in [5.74, 6) is -0.144. The number of rotatable bonds is 2. The standard InChI is InChI=1S/C19H20F2N2OS/c1-13-4-2-3-5-17(13)22-19(24)23-9-8-18(25-11-10-23)15-12-14(20)6-7-16(15)21/h2-7,12,18H,8-11H2,1H3,(H,22,24). The highest BCUT2D eigenvalue weighted by atomic mass is 32.2. The molecule has 25 heavy (non-hydrogen) atoms. The molecule has 1 fully saturated rings. The highest BCUT2D eigenvalue weighted by Crippen LogP contribution is 2.36. The Labute approximate surface area is 150 Å². The van der Waals surface area contributed by atoms with Crippen LogP contribution in [0.4, 0.5) is 19.3 Å². The average molecular weight is 362 g/mol. The van der Waals surface area contributed by atoms with E-state index >= 15 is 0 Å². The van der Waals surface area contributed by atoms with Crippen LogP contribution in [-0.2, 0) is 0 Å². The van der Waals surface area contributed by atoms with E-state index in [1.165, 1.54) is 12.1 Å². The van der Waals surface area contributed by atoms with E-state index in [0.717, 1.165) is 17.3 Å². The number of hydrogen-bond donors (Lipinski definition) is 1. The summed E-state index contributed by atoms with van der Waals surface area (Å²) in [5, 5.41) is 2.78. The fraction of sp³-hybridized carbons (Fsp3) is 0.316. The molecule has 1 aliphatic heterocycles. The first-order chi connectivity index (χ1) is 12.0. The van der Waals surface area contributed by atoms with Crippen molar-refractivity contribution in [3.05, 3.63) is 65.2 Å². The number of amides is 2. The van der Waals surface area contributed by atoms with Crippen molar-refractivity contribution in [2.75, 3.05) is 24.2 Å². The van der Waals surface area contributed by atoms with Gasteiger partial charge in [-0.05, 0) is 43.2 Å². The SMILES string of the molecule is Cc1ccccc1NC(=O)N1CCSC(c2cc(F)ccc2F)CC1. The largest absolute Gasteiger partial charge is 0.324 e. The Balaban J connectivity index is 1.66. The number of benzene rings is 2. The lowest BCUT2D eigenvalue weighted by atomic mass is 10.1. The van der Waals surface area contributed by atoms with Gasteiger partial charge in [0.15, 0.2) is 0 Å². The lowest BCUT2D eigenvalue weighted by molar-refractivity contribution is 0.215. The summed E-state index contributed by atoms with van der Waals surface area (Å²) in [5.41, 5.74) is 2.17. The molecule has 132 valence electrons. The molecule has 1 heterocycles. The Bertz CT molecular complexity index is 769. The van der Waals surface area contributed by atoms with Crippen LogP contribution in [-0.4, -0.2) is 29.8 Å². The predicted octanol–water partition coefficient (Wildman–Crippen LogP) is 4.99. The minimum absolute atomic E-state index is 0.146. The van der Waals surface area contributed by atoms with Gasteiger partial charge in [0.05, 0.1) is 0 Å². The van der Waals surface area contributed by atoms with E-state index in [2.05, 4.69) is 5.32 Å². The summed E-state index contributed by atoms with van der Waals surface area (Å²) in [7, 11) is 0. The Morgan fingerprint density at radius 3 is 2.80 bits per heavy atom. The summed E-state index contributed by atoms with van der Waals surface area (Å²) in [6.07, 6.45) is 0.590. The van der Waals surface area contributed by atoms with Crippen LogP contribution in [0.3, 0.4) is 0 Å². The molecule has 2 aromatic carbocycles. The molecule has 0 aromatic heterocycles. The molecule has 3 nitrogen and oxygen atoms in total. The topological polar surface area (TPSA) is 32.3 Å². The third-order valence-corrected chi connectivity index (χ3v) is 5.63. The molecule has 2 amide bonds. The summed E-state index contributed by atoms with van der Waals surface area (Å²) >= 11 is 1.56. The van der Waals surface area contributed by atoms with Gasteiger partial charge in [-0.15, -0.1) is 0 Å². The monoisotopic (exact) mass is 362 g/mol. The molecule has 0 aliphatic carbocycles. The molecule has 1 saturated heterocycles. The average Bonchev–Trinajstić information content (AvgIpc) is 2.85. The first-order valence-corrected chi connectivity index (χ1v) is 9.27. The second-order valence-corrected chi connectivity index (χ2v) is 7.36. The first kappa shape index (κ1) is 17.7. The van der Waals surface area contributed by atoms with E-state index in [0.29, 0.717) is 30.8 Å². The molecule has 1 atom stereocenters. The fourth-order valence-corrected chi connectivity index (χ4v) is 4.13. The van der Waals surface area contributed by atoms with Gasteiger partial charge in [0, 0.05) is 35.3 Å². The second kappa shape index (κ2) is 7.87. The maximum atomic E-state index is 14.0. The molecule has 6 heteroatoms. The number of hydrogen-bond acceptors (Lipinski definition) is 2. The number of thioether (sulfide) groups is 1. The number of aryl methyl sites for hydroxylation is 1. The van der Waals surface area contributed by atoms with Crippen molar-refractivity contribution in [3.63, 3.8) is 0 Å². The number of nitrogens with one attached hydrogen (secondary N) is 1. The van der Waals surface area contributed by atoms with Crippen molar-refractivity contribution in [1.29, 1.82) is 0 Å². The number of urea groups is 1. The molecule has 0 radical (unpaired) electrons. The zero-order valence-electron chi connectivity index (χ0n) is 14.0. The molecule has 0 saturated carbocycles. The molecule has 1 aliphatic rings. The molecule has 2 aromatic rings. The normalized spacial score (nSPS) is 17.9. The van der Waals surface area contributed by atoms with E-state index in [1.54, 1.807) is 16.7 Å². The van der Waals surface area contributed by atoms with E-state index < -0.39 is 11.6 Å². The van der Waals surface area contributed by atoms with E-state index in [1.807, 2.05) is 31.2 Å². The summed E-state index contributed by atoms with van der Waals surface area (Å²) in [6.45, 7) is 3.03. The van der Waals surface area contributed by atoms with Gasteiger partial charge in [0.2, 0.25) is 0 Å². The van der Waals surface area contributed by atoms with Crippen molar-refractivity contribution in [1.82, 2.24) is 4.90 Å². The van der Waals surface area contributed by atoms with Crippen LogP contribution in [0.1, 0.15) is 22.8 Å². The molecule has 0 spiro atoms. The lowest BCUT2D eigenvalue weighted by Crippen LogP contribution is -2.36. The quantitative estimate of drug-likeness (QED) is 0.817. The van der Waals surface area contributed by atoms with Crippen LogP contribution in [0.25, 0.3) is 0 Å². The fourth-order valence-electron chi connectivity index (χ4n) is 2.89. The van der Waals surface area contributed by atoms with Crippen LogP contribution < -0.4 is 5.32 Å². The molecule has 1 unspecified atom stereocenters. The van der Waals surface area contributed by atoms with Crippen LogP contribution in [0.2, 0.25) is 0 Å². The van der Waals surface area contributed by atoms with Gasteiger partial charge in [-0.2, -0.15) is 11.8 Å². The summed E-state index contributed by atoms with van der Waals surface area (Å²) < 4.78 is 27.4. The molecular weight excluding hydrogens is 342 g/mol. The number of carbonyl (C=O) groups is 1. The predicted molar refractivity (Wildman–Crippen MR) is 97.9 cm³/mol. The van der Waals surface area contributed by atoms with Crippen LogP contribution in [0.15, 0.2) is 42.5 Å². The van der Waals surface area contributed by atoms with Gasteiger partial charge in [0.1, 0.15) is 11.6 Å². The molecule has 1 N–H and O–H groups in total. The van der Waals surface area contributed by atoms with E-state index in [4.69, 9.17) is 0 Å². The Morgan fingerprint density at radius 1 is 1.20 bits per heavy atom. The van der Waals surface area contributed by atoms with Crippen LogP contribution >= 0.6 is 11.8 Å². The number of para-hydroxylation sites is 1. The maximum Gasteiger partial charge on any atom is 0.321 e. The zero-order chi connectivity index (χ0) is 17.8. The van der Waals surface area contributed by atoms with Crippen molar-refractivity contribution >= 4 is 23.5 Å². The molecule has 0 bridgehead atoms. The highest BCUT2D eigenvalue weighted by molar-refractivity contribution is 7.99. The third-order valence-electron chi connectivity index (χ3n) is 4.32. The van der Waals surface area contributed by atoms with E-state index in [-0.39, 0.29) is 11.3 Å². The third kappa shape index (κ3) is 4.31. The highest BCUT2D eigenvalue weighted by Gasteiger charge is 2.24. The summed E-state index contributed by atoms with van der Waals surface area (Å²) in [4.78, 5) is 14.2. The van der Waals surface area contributed by atoms with Gasteiger partial charge >= 0.3 is 6.03 Å². The molecular formula is C19H20F2N2OS. The van der Waals surface area contributed by atoms with Crippen molar-refractivity contribution < 1.29 is 13.6 Å². The maximum absolute atomic E-state index is 14.0. The smallest absolute Gasteiger partial charge is 0.321 e. The van der Waals surface area contributed by atoms with Gasteiger partial charge in [-0.1, -0.05) is 18.2 Å². The van der Waals surface area contributed by atoms with Gasteiger partial charge < -0.3 is 10.2 Å². The van der Waals surface area contributed by atoms with Crippen LogP contribution in [0, 0.1) is 18.6 Å². The van der Waals surface area contributed by atoms with E-state index in [9.17, 15) is 13.6 Å². The minimum atomic E-state index is -0.435. The number of nitrogens with zero attached hydrogens (tertiary/aromatic N) is 1. The Hall–Kier alpha value is -2.08. The number of halogens is 2. The van der Waals surface area contributed by atoms with Crippen molar-refractivity contribution in [2.45, 2.75) is 18.6 Å². The number of carbonyl (C=O) groups excluding carboxylic acids is 1. The summed E-state index contributed by atoms with van der Waals surface area (Å²) in [6, 6.07) is 11.0.